The van der Waals surface area contributed by atoms with Crippen molar-refractivity contribution in [2.45, 2.75) is 13.5 Å². The lowest BCUT2D eigenvalue weighted by Crippen LogP contribution is -2.26. The van der Waals surface area contributed by atoms with Crippen LogP contribution in [0.1, 0.15) is 21.8 Å². The number of halogens is 1. The van der Waals surface area contributed by atoms with E-state index < -0.39 is 5.95 Å². The van der Waals surface area contributed by atoms with E-state index in [0.29, 0.717) is 23.6 Å². The van der Waals surface area contributed by atoms with Crippen LogP contribution in [-0.2, 0) is 6.54 Å². The molecular weight excluding hydrogens is 237 g/mol. The molecule has 0 atom stereocenters. The highest BCUT2D eigenvalue weighted by Gasteiger charge is 2.14. The molecule has 2 aromatic rings. The number of aromatic nitrogens is 2. The van der Waals surface area contributed by atoms with Crippen LogP contribution in [0.2, 0.25) is 0 Å². The molecule has 0 aliphatic rings. The van der Waals surface area contributed by atoms with Crippen molar-refractivity contribution in [2.24, 2.45) is 0 Å². The standard InChI is InChI=1S/C12H12FN3O2/c1-8-5-10(15-18-8)7-16(2)12(17)9-3-4-11(13)14-6-9/h3-6H,7H2,1-2H3. The van der Waals surface area contributed by atoms with Crippen LogP contribution in [0.3, 0.4) is 0 Å². The van der Waals surface area contributed by atoms with Gasteiger partial charge in [0.15, 0.2) is 0 Å². The largest absolute Gasteiger partial charge is 0.361 e. The minimum atomic E-state index is -0.610. The van der Waals surface area contributed by atoms with Gasteiger partial charge in [-0.1, -0.05) is 5.16 Å². The van der Waals surface area contributed by atoms with E-state index >= 15 is 0 Å². The van der Waals surface area contributed by atoms with Crippen molar-refractivity contribution in [1.29, 1.82) is 0 Å². The third-order valence-corrected chi connectivity index (χ3v) is 2.40. The van der Waals surface area contributed by atoms with E-state index in [1.165, 1.54) is 17.2 Å². The lowest BCUT2D eigenvalue weighted by molar-refractivity contribution is 0.0781. The van der Waals surface area contributed by atoms with Gasteiger partial charge in [-0.15, -0.1) is 0 Å². The van der Waals surface area contributed by atoms with E-state index in [-0.39, 0.29) is 5.91 Å². The van der Waals surface area contributed by atoms with Crippen molar-refractivity contribution in [2.75, 3.05) is 7.05 Å². The molecule has 0 radical (unpaired) electrons. The molecule has 2 heterocycles. The molecule has 0 saturated heterocycles. The maximum Gasteiger partial charge on any atom is 0.255 e. The number of pyridine rings is 1. The van der Waals surface area contributed by atoms with Gasteiger partial charge in [0.2, 0.25) is 5.95 Å². The van der Waals surface area contributed by atoms with Gasteiger partial charge in [-0.3, -0.25) is 4.79 Å². The summed E-state index contributed by atoms with van der Waals surface area (Å²) < 4.78 is 17.6. The summed E-state index contributed by atoms with van der Waals surface area (Å²) in [4.78, 5) is 16.9. The van der Waals surface area contributed by atoms with Crippen LogP contribution < -0.4 is 0 Å². The minimum absolute atomic E-state index is 0.247. The fourth-order valence-electron chi connectivity index (χ4n) is 1.53. The van der Waals surface area contributed by atoms with E-state index in [1.54, 1.807) is 20.0 Å². The predicted octanol–water partition coefficient (Wildman–Crippen LogP) is 1.79. The first-order valence-electron chi connectivity index (χ1n) is 5.35. The number of hydrogen-bond acceptors (Lipinski definition) is 4. The molecule has 2 rings (SSSR count). The summed E-state index contributed by atoms with van der Waals surface area (Å²) in [7, 11) is 1.63. The van der Waals surface area contributed by atoms with Gasteiger partial charge in [0.05, 0.1) is 12.1 Å². The van der Waals surface area contributed by atoms with Gasteiger partial charge >= 0.3 is 0 Å². The fraction of sp³-hybridized carbons (Fsp3) is 0.250. The summed E-state index contributed by atoms with van der Waals surface area (Å²) in [6.45, 7) is 2.11. The van der Waals surface area contributed by atoms with Crippen molar-refractivity contribution < 1.29 is 13.7 Å². The minimum Gasteiger partial charge on any atom is -0.361 e. The SMILES string of the molecule is Cc1cc(CN(C)C(=O)c2ccc(F)nc2)no1. The molecule has 2 aromatic heterocycles. The quantitative estimate of drug-likeness (QED) is 0.778. The van der Waals surface area contributed by atoms with Crippen LogP contribution in [0.15, 0.2) is 28.9 Å². The molecule has 18 heavy (non-hydrogen) atoms. The number of hydrogen-bond donors (Lipinski definition) is 0. The molecule has 0 aromatic carbocycles. The monoisotopic (exact) mass is 249 g/mol. The highest BCUT2D eigenvalue weighted by atomic mass is 19.1. The number of amides is 1. The first-order chi connectivity index (χ1) is 8.56. The third-order valence-electron chi connectivity index (χ3n) is 2.40. The van der Waals surface area contributed by atoms with Gasteiger partial charge in [-0.2, -0.15) is 4.39 Å². The Morgan fingerprint density at radius 2 is 2.28 bits per heavy atom. The van der Waals surface area contributed by atoms with Crippen molar-refractivity contribution in [3.63, 3.8) is 0 Å². The first-order valence-corrected chi connectivity index (χ1v) is 5.35. The number of carbonyl (C=O) groups is 1. The molecule has 0 saturated carbocycles. The van der Waals surface area contributed by atoms with Crippen molar-refractivity contribution in [3.05, 3.63) is 47.4 Å². The Kier molecular flexibility index (Phi) is 3.36. The number of aryl methyl sites for hydroxylation is 1. The Bertz CT molecular complexity index is 551. The molecule has 0 spiro atoms. The lowest BCUT2D eigenvalue weighted by Gasteiger charge is -2.15. The van der Waals surface area contributed by atoms with E-state index in [0.717, 1.165) is 6.07 Å². The summed E-state index contributed by atoms with van der Waals surface area (Å²) >= 11 is 0. The Balaban J connectivity index is 2.07. The third kappa shape index (κ3) is 2.71. The average molecular weight is 249 g/mol. The molecule has 94 valence electrons. The molecule has 0 N–H and O–H groups in total. The van der Waals surface area contributed by atoms with E-state index in [9.17, 15) is 9.18 Å². The average Bonchev–Trinajstić information content (AvgIpc) is 2.75. The van der Waals surface area contributed by atoms with Crippen LogP contribution in [0.4, 0.5) is 4.39 Å². The summed E-state index contributed by atoms with van der Waals surface area (Å²) in [5, 5.41) is 3.80. The normalized spacial score (nSPS) is 10.4. The summed E-state index contributed by atoms with van der Waals surface area (Å²) in [5.41, 5.74) is 0.998. The molecule has 0 aliphatic heterocycles. The molecule has 0 aliphatic carbocycles. The second-order valence-electron chi connectivity index (χ2n) is 3.96. The van der Waals surface area contributed by atoms with Gasteiger partial charge < -0.3 is 9.42 Å². The van der Waals surface area contributed by atoms with Crippen LogP contribution >= 0.6 is 0 Å². The van der Waals surface area contributed by atoms with Crippen LogP contribution in [0, 0.1) is 12.9 Å². The second kappa shape index (κ2) is 4.95. The van der Waals surface area contributed by atoms with E-state index in [4.69, 9.17) is 4.52 Å². The maximum absolute atomic E-state index is 12.6. The fourth-order valence-corrected chi connectivity index (χ4v) is 1.53. The first kappa shape index (κ1) is 12.2. The van der Waals surface area contributed by atoms with Gasteiger partial charge in [-0.05, 0) is 19.1 Å². The highest BCUT2D eigenvalue weighted by molar-refractivity contribution is 5.93. The maximum atomic E-state index is 12.6. The lowest BCUT2D eigenvalue weighted by atomic mass is 10.2. The zero-order chi connectivity index (χ0) is 13.1. The molecule has 1 amide bonds. The van der Waals surface area contributed by atoms with E-state index in [2.05, 4.69) is 10.1 Å². The molecule has 5 nitrogen and oxygen atoms in total. The van der Waals surface area contributed by atoms with Gasteiger partial charge in [0.25, 0.3) is 5.91 Å². The smallest absolute Gasteiger partial charge is 0.255 e. The summed E-state index contributed by atoms with van der Waals surface area (Å²) in [6, 6.07) is 4.31. The van der Waals surface area contributed by atoms with Gasteiger partial charge in [0.1, 0.15) is 11.5 Å². The molecule has 0 fully saturated rings. The zero-order valence-corrected chi connectivity index (χ0v) is 10.1. The Morgan fingerprint density at radius 3 is 2.83 bits per heavy atom. The molecule has 0 unspecified atom stereocenters. The Morgan fingerprint density at radius 1 is 1.50 bits per heavy atom. The summed E-state index contributed by atoms with van der Waals surface area (Å²) in [5.74, 6) is -0.168. The van der Waals surface area contributed by atoms with Crippen LogP contribution in [-0.4, -0.2) is 28.0 Å². The molecular formula is C12H12FN3O2. The van der Waals surface area contributed by atoms with Crippen molar-refractivity contribution >= 4 is 5.91 Å². The van der Waals surface area contributed by atoms with Gasteiger partial charge in [-0.25, -0.2) is 4.98 Å². The number of nitrogens with zero attached hydrogens (tertiary/aromatic N) is 3. The Hall–Kier alpha value is -2.24. The highest BCUT2D eigenvalue weighted by Crippen LogP contribution is 2.08. The van der Waals surface area contributed by atoms with Crippen molar-refractivity contribution in [3.8, 4) is 0 Å². The van der Waals surface area contributed by atoms with E-state index in [1.807, 2.05) is 0 Å². The number of carbonyl (C=O) groups excluding carboxylic acids is 1. The van der Waals surface area contributed by atoms with Crippen molar-refractivity contribution in [1.82, 2.24) is 15.0 Å². The predicted molar refractivity (Wildman–Crippen MR) is 61.2 cm³/mol. The van der Waals surface area contributed by atoms with Crippen LogP contribution in [0.5, 0.6) is 0 Å². The van der Waals surface area contributed by atoms with Crippen LogP contribution in [0.25, 0.3) is 0 Å². The Labute approximate surface area is 103 Å². The second-order valence-corrected chi connectivity index (χ2v) is 3.96. The summed E-state index contributed by atoms with van der Waals surface area (Å²) in [6.07, 6.45) is 1.21. The van der Waals surface area contributed by atoms with Gasteiger partial charge in [0, 0.05) is 19.3 Å². The number of rotatable bonds is 3. The zero-order valence-electron chi connectivity index (χ0n) is 10.1. The molecule has 0 bridgehead atoms. The topological polar surface area (TPSA) is 59.2 Å². The molecule has 6 heteroatoms.